The van der Waals surface area contributed by atoms with Gasteiger partial charge in [0.25, 0.3) is 0 Å². The third-order valence-electron chi connectivity index (χ3n) is 1.66. The highest BCUT2D eigenvalue weighted by molar-refractivity contribution is 5.53. The molecule has 0 atom stereocenters. The Morgan fingerprint density at radius 1 is 1.27 bits per heavy atom. The molecule has 1 heterocycles. The Bertz CT molecular complexity index is 389. The SMILES string of the molecule is C=CC.Cc1ccc(-c2nn[nH]n2)cc1. The number of hydrogen-bond acceptors (Lipinski definition) is 3. The largest absolute Gasteiger partial charge is 0.204 e. The fraction of sp³-hybridized carbons (Fsp3) is 0.182. The Hall–Kier alpha value is -1.97. The van der Waals surface area contributed by atoms with Gasteiger partial charge in [0.1, 0.15) is 0 Å². The quantitative estimate of drug-likeness (QED) is 0.722. The molecule has 0 spiro atoms. The number of aromatic nitrogens is 4. The lowest BCUT2D eigenvalue weighted by Gasteiger charge is -1.93. The Balaban J connectivity index is 0.000000337. The molecule has 2 aromatic rings. The topological polar surface area (TPSA) is 54.5 Å². The van der Waals surface area contributed by atoms with Crippen molar-refractivity contribution in [1.82, 2.24) is 20.6 Å². The highest BCUT2D eigenvalue weighted by atomic mass is 15.5. The fourth-order valence-corrected chi connectivity index (χ4v) is 0.987. The van der Waals surface area contributed by atoms with Crippen LogP contribution in [-0.4, -0.2) is 20.6 Å². The smallest absolute Gasteiger partial charge is 0.177 e. The zero-order valence-electron chi connectivity index (χ0n) is 8.94. The van der Waals surface area contributed by atoms with Gasteiger partial charge >= 0.3 is 0 Å². The van der Waals surface area contributed by atoms with E-state index in [0.717, 1.165) is 5.56 Å². The molecule has 1 N–H and O–H groups in total. The predicted octanol–water partition coefficient (Wildman–Crippen LogP) is 2.37. The van der Waals surface area contributed by atoms with Crippen molar-refractivity contribution in [2.45, 2.75) is 13.8 Å². The summed E-state index contributed by atoms with van der Waals surface area (Å²) in [5.74, 6) is 0.634. The summed E-state index contributed by atoms with van der Waals surface area (Å²) in [5, 5.41) is 13.6. The minimum atomic E-state index is 0.634. The first-order chi connectivity index (χ1) is 7.27. The van der Waals surface area contributed by atoms with Gasteiger partial charge in [-0.25, -0.2) is 0 Å². The lowest BCUT2D eigenvalue weighted by molar-refractivity contribution is 0.881. The van der Waals surface area contributed by atoms with Crippen LogP contribution in [0.3, 0.4) is 0 Å². The number of nitrogens with one attached hydrogen (secondary N) is 1. The molecule has 0 radical (unpaired) electrons. The van der Waals surface area contributed by atoms with Gasteiger partial charge < -0.3 is 0 Å². The van der Waals surface area contributed by atoms with Crippen LogP contribution in [0.5, 0.6) is 0 Å². The molecule has 4 heteroatoms. The van der Waals surface area contributed by atoms with Crippen LogP contribution in [0.1, 0.15) is 12.5 Å². The number of nitrogens with zero attached hydrogens (tertiary/aromatic N) is 3. The van der Waals surface area contributed by atoms with Gasteiger partial charge in [0, 0.05) is 5.56 Å². The molecule has 0 amide bonds. The van der Waals surface area contributed by atoms with E-state index in [-0.39, 0.29) is 0 Å². The van der Waals surface area contributed by atoms with E-state index < -0.39 is 0 Å². The number of benzene rings is 1. The van der Waals surface area contributed by atoms with Crippen LogP contribution < -0.4 is 0 Å². The summed E-state index contributed by atoms with van der Waals surface area (Å²) < 4.78 is 0. The van der Waals surface area contributed by atoms with Crippen molar-refractivity contribution in [3.8, 4) is 11.4 Å². The van der Waals surface area contributed by atoms with Crippen LogP contribution in [0.4, 0.5) is 0 Å². The van der Waals surface area contributed by atoms with Crippen molar-refractivity contribution >= 4 is 0 Å². The standard InChI is InChI=1S/C8H8N4.C3H6/c1-6-2-4-7(5-3-6)8-9-11-12-10-8;1-3-2/h2-5H,1H3,(H,9,10,11,12);3H,1H2,2H3. The number of aryl methyl sites for hydroxylation is 1. The van der Waals surface area contributed by atoms with Gasteiger partial charge in [0.15, 0.2) is 0 Å². The molecule has 0 aliphatic rings. The molecule has 0 saturated carbocycles. The molecule has 1 aromatic heterocycles. The third-order valence-corrected chi connectivity index (χ3v) is 1.66. The van der Waals surface area contributed by atoms with E-state index in [1.165, 1.54) is 5.56 Å². The summed E-state index contributed by atoms with van der Waals surface area (Å²) in [6.45, 7) is 7.29. The highest BCUT2D eigenvalue weighted by Gasteiger charge is 1.99. The number of tetrazole rings is 1. The second-order valence-electron chi connectivity index (χ2n) is 3.01. The molecule has 2 rings (SSSR count). The van der Waals surface area contributed by atoms with Crippen LogP contribution in [0.2, 0.25) is 0 Å². The predicted molar refractivity (Wildman–Crippen MR) is 60.2 cm³/mol. The van der Waals surface area contributed by atoms with Crippen LogP contribution in [0, 0.1) is 6.92 Å². The monoisotopic (exact) mass is 202 g/mol. The molecule has 0 unspecified atom stereocenters. The molecule has 0 aliphatic carbocycles. The average molecular weight is 202 g/mol. The van der Waals surface area contributed by atoms with Crippen LogP contribution in [0.15, 0.2) is 36.9 Å². The molecule has 0 aliphatic heterocycles. The Morgan fingerprint density at radius 3 is 2.33 bits per heavy atom. The molecule has 1 aromatic carbocycles. The van der Waals surface area contributed by atoms with Crippen molar-refractivity contribution in [1.29, 1.82) is 0 Å². The summed E-state index contributed by atoms with van der Waals surface area (Å²) >= 11 is 0. The zero-order valence-corrected chi connectivity index (χ0v) is 8.94. The van der Waals surface area contributed by atoms with Crippen molar-refractivity contribution in [3.63, 3.8) is 0 Å². The van der Waals surface area contributed by atoms with Crippen molar-refractivity contribution in [2.24, 2.45) is 0 Å². The van der Waals surface area contributed by atoms with E-state index in [1.54, 1.807) is 6.08 Å². The second kappa shape index (κ2) is 5.70. The molecule has 4 nitrogen and oxygen atoms in total. The number of aromatic amines is 1. The van der Waals surface area contributed by atoms with Crippen molar-refractivity contribution in [2.75, 3.05) is 0 Å². The molecular formula is C11H14N4. The number of hydrogen-bond donors (Lipinski definition) is 1. The number of allylic oxidation sites excluding steroid dienone is 1. The zero-order chi connectivity index (χ0) is 11.1. The maximum absolute atomic E-state index is 3.87. The van der Waals surface area contributed by atoms with Crippen molar-refractivity contribution in [3.05, 3.63) is 42.5 Å². The summed E-state index contributed by atoms with van der Waals surface area (Å²) in [6.07, 6.45) is 1.75. The van der Waals surface area contributed by atoms with Gasteiger partial charge in [-0.3, -0.25) is 0 Å². The molecule has 78 valence electrons. The third kappa shape index (κ3) is 3.34. The van der Waals surface area contributed by atoms with Gasteiger partial charge in [0.2, 0.25) is 5.82 Å². The van der Waals surface area contributed by atoms with Crippen LogP contribution in [0.25, 0.3) is 11.4 Å². The molecule has 0 bridgehead atoms. The fourth-order valence-electron chi connectivity index (χ4n) is 0.987. The summed E-state index contributed by atoms with van der Waals surface area (Å²) in [4.78, 5) is 0. The highest BCUT2D eigenvalue weighted by Crippen LogP contribution is 2.12. The molecule has 0 fully saturated rings. The maximum Gasteiger partial charge on any atom is 0.204 e. The lowest BCUT2D eigenvalue weighted by atomic mass is 10.1. The van der Waals surface area contributed by atoms with Crippen LogP contribution >= 0.6 is 0 Å². The average Bonchev–Trinajstić information content (AvgIpc) is 2.73. The van der Waals surface area contributed by atoms with Gasteiger partial charge in [-0.15, -0.1) is 16.8 Å². The van der Waals surface area contributed by atoms with E-state index >= 15 is 0 Å². The van der Waals surface area contributed by atoms with E-state index in [9.17, 15) is 0 Å². The summed E-state index contributed by atoms with van der Waals surface area (Å²) in [6, 6.07) is 7.98. The van der Waals surface area contributed by atoms with Gasteiger partial charge in [0.05, 0.1) is 0 Å². The van der Waals surface area contributed by atoms with E-state index in [0.29, 0.717) is 5.82 Å². The van der Waals surface area contributed by atoms with Gasteiger partial charge in [-0.2, -0.15) is 5.21 Å². The Kier molecular flexibility index (Phi) is 4.22. The first kappa shape index (κ1) is 11.1. The van der Waals surface area contributed by atoms with Crippen molar-refractivity contribution < 1.29 is 0 Å². The minimum absolute atomic E-state index is 0.634. The first-order valence-corrected chi connectivity index (χ1v) is 4.65. The Labute approximate surface area is 89.0 Å². The summed E-state index contributed by atoms with van der Waals surface area (Å²) in [5.41, 5.74) is 2.21. The Morgan fingerprint density at radius 2 is 1.87 bits per heavy atom. The second-order valence-corrected chi connectivity index (χ2v) is 3.01. The van der Waals surface area contributed by atoms with Crippen LogP contribution in [-0.2, 0) is 0 Å². The molecular weight excluding hydrogens is 188 g/mol. The van der Waals surface area contributed by atoms with Gasteiger partial charge in [-0.1, -0.05) is 35.9 Å². The number of H-pyrrole nitrogens is 1. The van der Waals surface area contributed by atoms with E-state index in [1.807, 2.05) is 38.1 Å². The van der Waals surface area contributed by atoms with E-state index in [2.05, 4.69) is 27.2 Å². The maximum atomic E-state index is 3.87. The minimum Gasteiger partial charge on any atom is -0.177 e. The molecule has 0 saturated heterocycles. The number of rotatable bonds is 1. The normalized spacial score (nSPS) is 8.93. The first-order valence-electron chi connectivity index (χ1n) is 4.65. The summed E-state index contributed by atoms with van der Waals surface area (Å²) in [7, 11) is 0. The van der Waals surface area contributed by atoms with E-state index in [4.69, 9.17) is 0 Å². The van der Waals surface area contributed by atoms with Gasteiger partial charge in [-0.05, 0) is 19.1 Å². The lowest BCUT2D eigenvalue weighted by Crippen LogP contribution is -1.80. The molecule has 15 heavy (non-hydrogen) atoms.